The van der Waals surface area contributed by atoms with Gasteiger partial charge in [-0.25, -0.2) is 4.98 Å². The molecule has 0 aliphatic rings. The molecule has 2 aromatic heterocycles. The van der Waals surface area contributed by atoms with Crippen LogP contribution in [0.5, 0.6) is 0 Å². The van der Waals surface area contributed by atoms with Crippen molar-refractivity contribution in [2.75, 3.05) is 0 Å². The van der Waals surface area contributed by atoms with Crippen molar-refractivity contribution < 1.29 is 0 Å². The quantitative estimate of drug-likeness (QED) is 0.885. The van der Waals surface area contributed by atoms with Gasteiger partial charge in [0.05, 0.1) is 11.2 Å². The number of hydrogen-bond acceptors (Lipinski definition) is 3. The third-order valence-corrected chi connectivity index (χ3v) is 4.08. The molecule has 3 nitrogen and oxygen atoms in total. The summed E-state index contributed by atoms with van der Waals surface area (Å²) < 4.78 is 2.21. The third kappa shape index (κ3) is 2.96. The van der Waals surface area contributed by atoms with E-state index in [-0.39, 0.29) is 6.04 Å². The molecule has 0 aromatic carbocycles. The average Bonchev–Trinajstić information content (AvgIpc) is 2.94. The van der Waals surface area contributed by atoms with E-state index < -0.39 is 0 Å². The summed E-state index contributed by atoms with van der Waals surface area (Å²) in [6, 6.07) is 2.29. The lowest BCUT2D eigenvalue weighted by Gasteiger charge is -2.05. The molecule has 0 saturated carbocycles. The zero-order valence-corrected chi connectivity index (χ0v) is 11.2. The number of nitrogens with zero attached hydrogens (tertiary/aromatic N) is 2. The fourth-order valence-electron chi connectivity index (χ4n) is 1.85. The minimum absolute atomic E-state index is 0.168. The first-order chi connectivity index (χ1) is 8.20. The van der Waals surface area contributed by atoms with Crippen molar-refractivity contribution in [3.63, 3.8) is 0 Å². The van der Waals surface area contributed by atoms with Crippen LogP contribution in [-0.4, -0.2) is 9.55 Å². The maximum Gasteiger partial charge on any atom is 0.0797 e. The standard InChI is InChI=1S/C13H19N3S/c1-3-12(14)11-4-6-16(8-11)7-5-13-10(2)15-9-17-13/h4,6,8-9,12H,3,5,7,14H2,1-2H3. The Bertz CT molecular complexity index is 472. The summed E-state index contributed by atoms with van der Waals surface area (Å²) in [5.41, 5.74) is 10.3. The molecule has 4 heteroatoms. The minimum atomic E-state index is 0.168. The average molecular weight is 249 g/mol. The van der Waals surface area contributed by atoms with Crippen LogP contribution in [0.1, 0.15) is 35.5 Å². The Morgan fingerprint density at radius 2 is 2.35 bits per heavy atom. The summed E-state index contributed by atoms with van der Waals surface area (Å²) in [5.74, 6) is 0. The second-order valence-electron chi connectivity index (χ2n) is 4.31. The highest BCUT2D eigenvalue weighted by atomic mass is 32.1. The summed E-state index contributed by atoms with van der Waals surface area (Å²) in [4.78, 5) is 5.64. The van der Waals surface area contributed by atoms with E-state index in [0.29, 0.717) is 0 Å². The van der Waals surface area contributed by atoms with Crippen molar-refractivity contribution in [1.82, 2.24) is 9.55 Å². The molecule has 2 rings (SSSR count). The number of aromatic nitrogens is 2. The molecule has 2 aromatic rings. The van der Waals surface area contributed by atoms with E-state index in [0.717, 1.165) is 25.1 Å². The Balaban J connectivity index is 1.96. The van der Waals surface area contributed by atoms with Gasteiger partial charge in [0.2, 0.25) is 0 Å². The van der Waals surface area contributed by atoms with Crippen LogP contribution in [-0.2, 0) is 13.0 Å². The van der Waals surface area contributed by atoms with E-state index in [1.54, 1.807) is 11.3 Å². The topological polar surface area (TPSA) is 43.8 Å². The molecule has 0 radical (unpaired) electrons. The molecule has 0 saturated heterocycles. The predicted molar refractivity (Wildman–Crippen MR) is 72.2 cm³/mol. The van der Waals surface area contributed by atoms with Crippen LogP contribution in [0.3, 0.4) is 0 Å². The first-order valence-electron chi connectivity index (χ1n) is 6.01. The van der Waals surface area contributed by atoms with Crippen LogP contribution >= 0.6 is 11.3 Å². The number of rotatable bonds is 5. The van der Waals surface area contributed by atoms with Crippen LogP contribution in [0.4, 0.5) is 0 Å². The highest BCUT2D eigenvalue weighted by molar-refractivity contribution is 7.09. The molecule has 2 N–H and O–H groups in total. The van der Waals surface area contributed by atoms with Crippen molar-refractivity contribution in [2.45, 2.75) is 39.3 Å². The second kappa shape index (κ2) is 5.47. The maximum absolute atomic E-state index is 6.00. The van der Waals surface area contributed by atoms with Crippen LogP contribution < -0.4 is 5.73 Å². The van der Waals surface area contributed by atoms with Crippen LogP contribution in [0, 0.1) is 6.92 Å². The van der Waals surface area contributed by atoms with Crippen molar-refractivity contribution >= 4 is 11.3 Å². The molecule has 0 aliphatic heterocycles. The van der Waals surface area contributed by atoms with Gasteiger partial charge in [0, 0.05) is 36.3 Å². The molecule has 0 bridgehead atoms. The van der Waals surface area contributed by atoms with Crippen molar-refractivity contribution in [1.29, 1.82) is 0 Å². The number of aryl methyl sites for hydroxylation is 3. The first-order valence-corrected chi connectivity index (χ1v) is 6.89. The smallest absolute Gasteiger partial charge is 0.0797 e. The maximum atomic E-state index is 6.00. The summed E-state index contributed by atoms with van der Waals surface area (Å²) >= 11 is 1.74. The molecule has 0 aliphatic carbocycles. The minimum Gasteiger partial charge on any atom is -0.354 e. The van der Waals surface area contributed by atoms with E-state index in [9.17, 15) is 0 Å². The SMILES string of the molecule is CCC(N)c1ccn(CCc2scnc2C)c1. The van der Waals surface area contributed by atoms with Crippen molar-refractivity contribution in [3.05, 3.63) is 40.1 Å². The Labute approximate surface area is 106 Å². The monoisotopic (exact) mass is 249 g/mol. The van der Waals surface area contributed by atoms with Crippen molar-refractivity contribution in [2.24, 2.45) is 5.73 Å². The highest BCUT2D eigenvalue weighted by Crippen LogP contribution is 2.16. The van der Waals surface area contributed by atoms with E-state index in [4.69, 9.17) is 5.73 Å². The lowest BCUT2D eigenvalue weighted by Crippen LogP contribution is -2.07. The van der Waals surface area contributed by atoms with Gasteiger partial charge in [0.15, 0.2) is 0 Å². The number of hydrogen-bond donors (Lipinski definition) is 1. The van der Waals surface area contributed by atoms with Gasteiger partial charge in [0.25, 0.3) is 0 Å². The van der Waals surface area contributed by atoms with Gasteiger partial charge in [-0.05, 0) is 25.0 Å². The van der Waals surface area contributed by atoms with Crippen LogP contribution in [0.2, 0.25) is 0 Å². The number of thiazole rings is 1. The highest BCUT2D eigenvalue weighted by Gasteiger charge is 2.06. The van der Waals surface area contributed by atoms with Gasteiger partial charge in [-0.3, -0.25) is 0 Å². The third-order valence-electron chi connectivity index (χ3n) is 3.08. The Morgan fingerprint density at radius 3 is 3.00 bits per heavy atom. The van der Waals surface area contributed by atoms with E-state index >= 15 is 0 Å². The van der Waals surface area contributed by atoms with E-state index in [1.807, 2.05) is 5.51 Å². The largest absolute Gasteiger partial charge is 0.354 e. The zero-order chi connectivity index (χ0) is 12.3. The fraction of sp³-hybridized carbons (Fsp3) is 0.462. The molecule has 0 spiro atoms. The summed E-state index contributed by atoms with van der Waals surface area (Å²) in [6.07, 6.45) is 6.30. The molecule has 1 atom stereocenters. The summed E-state index contributed by atoms with van der Waals surface area (Å²) in [6.45, 7) is 5.18. The molecule has 1 unspecified atom stereocenters. The van der Waals surface area contributed by atoms with Gasteiger partial charge in [-0.1, -0.05) is 6.92 Å². The lowest BCUT2D eigenvalue weighted by atomic mass is 10.1. The first kappa shape index (κ1) is 12.3. The van der Waals surface area contributed by atoms with Gasteiger partial charge in [-0.15, -0.1) is 11.3 Å². The number of nitrogens with two attached hydrogens (primary N) is 1. The molecular formula is C13H19N3S. The lowest BCUT2D eigenvalue weighted by molar-refractivity contribution is 0.675. The van der Waals surface area contributed by atoms with Gasteiger partial charge < -0.3 is 10.3 Å². The van der Waals surface area contributed by atoms with Crippen LogP contribution in [0.15, 0.2) is 24.0 Å². The van der Waals surface area contributed by atoms with E-state index in [2.05, 4.69) is 41.9 Å². The molecule has 92 valence electrons. The molecule has 17 heavy (non-hydrogen) atoms. The Kier molecular flexibility index (Phi) is 3.97. The summed E-state index contributed by atoms with van der Waals surface area (Å²) in [7, 11) is 0. The van der Waals surface area contributed by atoms with Gasteiger partial charge in [0.1, 0.15) is 0 Å². The normalized spacial score (nSPS) is 12.9. The molecule has 2 heterocycles. The Morgan fingerprint density at radius 1 is 1.53 bits per heavy atom. The molecule has 0 amide bonds. The second-order valence-corrected chi connectivity index (χ2v) is 5.25. The zero-order valence-electron chi connectivity index (χ0n) is 10.4. The van der Waals surface area contributed by atoms with Gasteiger partial charge in [-0.2, -0.15) is 0 Å². The Hall–Kier alpha value is -1.13. The van der Waals surface area contributed by atoms with Gasteiger partial charge >= 0.3 is 0 Å². The van der Waals surface area contributed by atoms with E-state index in [1.165, 1.54) is 10.4 Å². The fourth-order valence-corrected chi connectivity index (χ4v) is 2.62. The van der Waals surface area contributed by atoms with Crippen molar-refractivity contribution in [3.8, 4) is 0 Å². The predicted octanol–water partition coefficient (Wildman–Crippen LogP) is 2.91. The summed E-state index contributed by atoms with van der Waals surface area (Å²) in [5, 5.41) is 0. The molecule has 0 fully saturated rings. The molecular weight excluding hydrogens is 230 g/mol. The van der Waals surface area contributed by atoms with Crippen LogP contribution in [0.25, 0.3) is 0 Å².